The molecule has 1 N–H and O–H groups in total. The molecule has 0 aliphatic carbocycles. The minimum Gasteiger partial charge on any atom is -0.478 e. The maximum absolute atomic E-state index is 11.4. The first-order valence-electron chi connectivity index (χ1n) is 7.27. The van der Waals surface area contributed by atoms with Crippen molar-refractivity contribution in [2.24, 2.45) is 0 Å². The first kappa shape index (κ1) is 15.9. The molecular weight excluding hydrogens is 284 g/mol. The number of thioether (sulfide) groups is 1. The molecule has 0 aliphatic heterocycles. The van der Waals surface area contributed by atoms with Crippen LogP contribution in [0.4, 0.5) is 0 Å². The number of hydrogen-bond acceptors (Lipinski definition) is 3. The van der Waals surface area contributed by atoms with Crippen LogP contribution < -0.4 is 0 Å². The van der Waals surface area contributed by atoms with E-state index in [1.54, 1.807) is 12.1 Å². The van der Waals surface area contributed by atoms with Gasteiger partial charge in [-0.3, -0.25) is 0 Å². The predicted molar refractivity (Wildman–Crippen MR) is 88.4 cm³/mol. The standard InChI is InChI=1S/C16H22N2O2S/c1-11(2)15-17-14-12(16(19)20)7-6-8-13(14)18(15)9-4-5-10-21-3/h6-8,11H,4-5,9-10H2,1-3H3,(H,19,20). The summed E-state index contributed by atoms with van der Waals surface area (Å²) in [5.74, 6) is 1.50. The number of rotatable bonds is 7. The number of benzene rings is 1. The van der Waals surface area contributed by atoms with E-state index in [-0.39, 0.29) is 11.5 Å². The summed E-state index contributed by atoms with van der Waals surface area (Å²) >= 11 is 1.86. The lowest BCUT2D eigenvalue weighted by Crippen LogP contribution is -2.06. The zero-order valence-corrected chi connectivity index (χ0v) is 13.6. The lowest BCUT2D eigenvalue weighted by molar-refractivity contribution is 0.0699. The number of aromatic nitrogens is 2. The lowest BCUT2D eigenvalue weighted by Gasteiger charge is -2.11. The zero-order chi connectivity index (χ0) is 15.4. The van der Waals surface area contributed by atoms with Gasteiger partial charge < -0.3 is 9.67 Å². The Kier molecular flexibility index (Phi) is 5.28. The maximum Gasteiger partial charge on any atom is 0.337 e. The van der Waals surface area contributed by atoms with Crippen LogP contribution in [0.15, 0.2) is 18.2 Å². The third-order valence-electron chi connectivity index (χ3n) is 3.54. The molecule has 0 atom stereocenters. The van der Waals surface area contributed by atoms with Crippen molar-refractivity contribution in [1.82, 2.24) is 9.55 Å². The molecule has 1 heterocycles. The van der Waals surface area contributed by atoms with E-state index >= 15 is 0 Å². The Labute approximate surface area is 129 Å². The average Bonchev–Trinajstić information content (AvgIpc) is 2.82. The number of aromatic carboxylic acids is 1. The van der Waals surface area contributed by atoms with Crippen LogP contribution >= 0.6 is 11.8 Å². The molecule has 0 saturated heterocycles. The van der Waals surface area contributed by atoms with Crippen LogP contribution in [0.2, 0.25) is 0 Å². The summed E-state index contributed by atoms with van der Waals surface area (Å²) in [5.41, 5.74) is 1.83. The number of aryl methyl sites for hydroxylation is 1. The van der Waals surface area contributed by atoms with Crippen LogP contribution in [-0.2, 0) is 6.54 Å². The van der Waals surface area contributed by atoms with Crippen molar-refractivity contribution in [3.05, 3.63) is 29.6 Å². The summed E-state index contributed by atoms with van der Waals surface area (Å²) in [7, 11) is 0. The van der Waals surface area contributed by atoms with Gasteiger partial charge in [0.15, 0.2) is 0 Å². The van der Waals surface area contributed by atoms with Gasteiger partial charge in [0.05, 0.1) is 11.1 Å². The molecule has 0 spiro atoms. The second kappa shape index (κ2) is 6.98. The number of unbranched alkanes of at least 4 members (excludes halogenated alkanes) is 1. The minimum atomic E-state index is -0.914. The molecule has 1 aromatic heterocycles. The molecule has 0 amide bonds. The summed E-state index contributed by atoms with van der Waals surface area (Å²) in [6, 6.07) is 5.39. The fraction of sp³-hybridized carbons (Fsp3) is 0.500. The van der Waals surface area contributed by atoms with Gasteiger partial charge in [-0.05, 0) is 37.0 Å². The Morgan fingerprint density at radius 2 is 2.14 bits per heavy atom. The fourth-order valence-corrected chi connectivity index (χ4v) is 3.02. The maximum atomic E-state index is 11.4. The monoisotopic (exact) mass is 306 g/mol. The number of nitrogens with zero attached hydrogens (tertiary/aromatic N) is 2. The van der Waals surface area contributed by atoms with Crippen molar-refractivity contribution >= 4 is 28.8 Å². The normalized spacial score (nSPS) is 11.4. The number of imidazole rings is 1. The highest BCUT2D eigenvalue weighted by molar-refractivity contribution is 7.98. The summed E-state index contributed by atoms with van der Waals surface area (Å²) in [6.45, 7) is 5.09. The average molecular weight is 306 g/mol. The van der Waals surface area contributed by atoms with E-state index in [0.29, 0.717) is 5.52 Å². The van der Waals surface area contributed by atoms with E-state index in [4.69, 9.17) is 0 Å². The SMILES string of the molecule is CSCCCCn1c(C(C)C)nc2c(C(=O)O)cccc21. The van der Waals surface area contributed by atoms with E-state index in [1.807, 2.05) is 17.8 Å². The molecule has 2 rings (SSSR count). The quantitative estimate of drug-likeness (QED) is 0.786. The third-order valence-corrected chi connectivity index (χ3v) is 4.23. The number of fused-ring (bicyclic) bond motifs is 1. The number of para-hydroxylation sites is 1. The second-order valence-corrected chi connectivity index (χ2v) is 6.44. The van der Waals surface area contributed by atoms with Crippen molar-refractivity contribution in [1.29, 1.82) is 0 Å². The van der Waals surface area contributed by atoms with E-state index in [9.17, 15) is 9.90 Å². The van der Waals surface area contributed by atoms with Gasteiger partial charge in [-0.15, -0.1) is 0 Å². The molecule has 2 aromatic rings. The lowest BCUT2D eigenvalue weighted by atomic mass is 10.2. The van der Waals surface area contributed by atoms with Gasteiger partial charge >= 0.3 is 5.97 Å². The Morgan fingerprint density at radius 3 is 2.76 bits per heavy atom. The highest BCUT2D eigenvalue weighted by Crippen LogP contribution is 2.25. The Bertz CT molecular complexity index is 634. The topological polar surface area (TPSA) is 55.1 Å². The molecule has 0 unspecified atom stereocenters. The molecule has 0 bridgehead atoms. The molecule has 5 heteroatoms. The van der Waals surface area contributed by atoms with Gasteiger partial charge in [-0.25, -0.2) is 9.78 Å². The van der Waals surface area contributed by atoms with Crippen LogP contribution in [0.3, 0.4) is 0 Å². The first-order valence-corrected chi connectivity index (χ1v) is 8.67. The van der Waals surface area contributed by atoms with Crippen molar-refractivity contribution in [2.75, 3.05) is 12.0 Å². The van der Waals surface area contributed by atoms with Crippen molar-refractivity contribution in [2.45, 2.75) is 39.2 Å². The van der Waals surface area contributed by atoms with Crippen molar-refractivity contribution in [3.63, 3.8) is 0 Å². The van der Waals surface area contributed by atoms with Crippen LogP contribution in [-0.4, -0.2) is 32.6 Å². The smallest absolute Gasteiger partial charge is 0.337 e. The highest BCUT2D eigenvalue weighted by atomic mass is 32.2. The fourth-order valence-electron chi connectivity index (χ4n) is 2.53. The first-order chi connectivity index (χ1) is 10.1. The molecule has 0 saturated carbocycles. The molecule has 4 nitrogen and oxygen atoms in total. The highest BCUT2D eigenvalue weighted by Gasteiger charge is 2.18. The summed E-state index contributed by atoms with van der Waals surface area (Å²) in [4.78, 5) is 16.0. The van der Waals surface area contributed by atoms with Gasteiger partial charge in [0.1, 0.15) is 11.3 Å². The number of carboxylic acid groups (broad SMARTS) is 1. The molecule has 0 fully saturated rings. The van der Waals surface area contributed by atoms with E-state index in [2.05, 4.69) is 29.7 Å². The van der Waals surface area contributed by atoms with Gasteiger partial charge in [-0.2, -0.15) is 11.8 Å². The zero-order valence-electron chi connectivity index (χ0n) is 12.8. The van der Waals surface area contributed by atoms with E-state index < -0.39 is 5.97 Å². The second-order valence-electron chi connectivity index (χ2n) is 5.45. The third kappa shape index (κ3) is 3.40. The summed E-state index contributed by atoms with van der Waals surface area (Å²) < 4.78 is 2.19. The summed E-state index contributed by atoms with van der Waals surface area (Å²) in [5, 5.41) is 9.32. The van der Waals surface area contributed by atoms with Crippen LogP contribution in [0.25, 0.3) is 11.0 Å². The van der Waals surface area contributed by atoms with Crippen LogP contribution in [0, 0.1) is 0 Å². The molecule has 0 aliphatic rings. The number of carboxylic acids is 1. The minimum absolute atomic E-state index is 0.277. The molecule has 1 aromatic carbocycles. The Hall–Kier alpha value is -1.49. The largest absolute Gasteiger partial charge is 0.478 e. The molecular formula is C16H22N2O2S. The van der Waals surface area contributed by atoms with Crippen molar-refractivity contribution in [3.8, 4) is 0 Å². The van der Waals surface area contributed by atoms with E-state index in [1.165, 1.54) is 0 Å². The van der Waals surface area contributed by atoms with Gasteiger partial charge in [0, 0.05) is 12.5 Å². The Morgan fingerprint density at radius 1 is 1.38 bits per heavy atom. The van der Waals surface area contributed by atoms with Gasteiger partial charge in [-0.1, -0.05) is 19.9 Å². The van der Waals surface area contributed by atoms with Crippen LogP contribution in [0.1, 0.15) is 48.8 Å². The van der Waals surface area contributed by atoms with Crippen LogP contribution in [0.5, 0.6) is 0 Å². The van der Waals surface area contributed by atoms with Crippen molar-refractivity contribution < 1.29 is 9.90 Å². The van der Waals surface area contributed by atoms with Gasteiger partial charge in [0.2, 0.25) is 0 Å². The number of carbonyl (C=O) groups is 1. The molecule has 0 radical (unpaired) electrons. The number of hydrogen-bond donors (Lipinski definition) is 1. The molecule has 21 heavy (non-hydrogen) atoms. The van der Waals surface area contributed by atoms with E-state index in [0.717, 1.165) is 36.5 Å². The van der Waals surface area contributed by atoms with Gasteiger partial charge in [0.25, 0.3) is 0 Å². The Balaban J connectivity index is 2.43. The summed E-state index contributed by atoms with van der Waals surface area (Å²) in [6.07, 6.45) is 4.37. The predicted octanol–water partition coefficient (Wildman–Crippen LogP) is 4.00. The molecule has 114 valence electrons.